The summed E-state index contributed by atoms with van der Waals surface area (Å²) in [4.78, 5) is 2.45. The number of furan rings is 1. The van der Waals surface area contributed by atoms with Crippen LogP contribution >= 0.6 is 11.3 Å². The molecule has 0 unspecified atom stereocenters. The molecule has 0 aliphatic heterocycles. The number of fused-ring (bicyclic) bond motifs is 11. The Bertz CT molecular complexity index is 2790. The van der Waals surface area contributed by atoms with Crippen LogP contribution in [0.15, 0.2) is 156 Å². The second-order valence-corrected chi connectivity index (χ2v) is 12.7. The summed E-state index contributed by atoms with van der Waals surface area (Å²) >= 11 is 1.86. The first kappa shape index (κ1) is 24.8. The van der Waals surface area contributed by atoms with Crippen molar-refractivity contribution in [1.29, 1.82) is 0 Å². The normalized spacial score (nSPS) is 12.0. The van der Waals surface area contributed by atoms with Gasteiger partial charge >= 0.3 is 0 Å². The van der Waals surface area contributed by atoms with Gasteiger partial charge in [0, 0.05) is 37.3 Å². The van der Waals surface area contributed by atoms with Gasteiger partial charge in [-0.2, -0.15) is 0 Å². The third-order valence-corrected chi connectivity index (χ3v) is 10.5. The first-order valence-electron chi connectivity index (χ1n) is 15.3. The lowest BCUT2D eigenvalue weighted by Gasteiger charge is -2.27. The average Bonchev–Trinajstić information content (AvgIpc) is 3.67. The van der Waals surface area contributed by atoms with Gasteiger partial charge in [-0.15, -0.1) is 11.3 Å². The zero-order valence-electron chi connectivity index (χ0n) is 24.2. The predicted molar refractivity (Wildman–Crippen MR) is 194 cm³/mol. The highest BCUT2D eigenvalue weighted by Gasteiger charge is 2.21. The monoisotopic (exact) mass is 591 g/mol. The summed E-state index contributed by atoms with van der Waals surface area (Å²) in [5, 5.41) is 12.4. The van der Waals surface area contributed by atoms with Crippen LogP contribution in [0.5, 0.6) is 0 Å². The van der Waals surface area contributed by atoms with Gasteiger partial charge in [-0.3, -0.25) is 0 Å². The number of hydrogen-bond acceptors (Lipinski definition) is 3. The molecule has 2 heterocycles. The fourth-order valence-corrected chi connectivity index (χ4v) is 8.41. The minimum Gasteiger partial charge on any atom is -0.456 e. The number of thiophene rings is 1. The summed E-state index contributed by atoms with van der Waals surface area (Å²) in [6.07, 6.45) is 0. The highest BCUT2D eigenvalue weighted by molar-refractivity contribution is 7.26. The number of rotatable bonds is 3. The maximum atomic E-state index is 6.25. The third-order valence-electron chi connectivity index (χ3n) is 9.24. The Kier molecular flexibility index (Phi) is 5.19. The van der Waals surface area contributed by atoms with Gasteiger partial charge < -0.3 is 9.32 Å². The number of benzene rings is 8. The first-order chi connectivity index (χ1) is 22.3. The Balaban J connectivity index is 1.30. The van der Waals surface area contributed by atoms with Crippen molar-refractivity contribution in [2.24, 2.45) is 0 Å². The zero-order chi connectivity index (χ0) is 29.5. The van der Waals surface area contributed by atoms with Gasteiger partial charge in [0.25, 0.3) is 0 Å². The summed E-state index contributed by atoms with van der Waals surface area (Å²) in [5.74, 6) is 0. The van der Waals surface area contributed by atoms with E-state index in [-0.39, 0.29) is 0 Å². The Morgan fingerprint density at radius 2 is 1.04 bits per heavy atom. The minimum atomic E-state index is 0.899. The first-order valence-corrected chi connectivity index (χ1v) is 16.1. The van der Waals surface area contributed by atoms with Crippen LogP contribution in [0, 0.1) is 0 Å². The lowest BCUT2D eigenvalue weighted by atomic mass is 9.96. The molecular formula is C42H25NOS. The largest absolute Gasteiger partial charge is 0.456 e. The van der Waals surface area contributed by atoms with Crippen molar-refractivity contribution in [1.82, 2.24) is 0 Å². The van der Waals surface area contributed by atoms with Crippen molar-refractivity contribution >= 4 is 103 Å². The Hall–Kier alpha value is -5.64. The molecule has 10 aromatic rings. The lowest BCUT2D eigenvalue weighted by Crippen LogP contribution is -2.10. The number of anilines is 3. The molecule has 0 spiro atoms. The van der Waals surface area contributed by atoms with Gasteiger partial charge in [0.2, 0.25) is 0 Å². The van der Waals surface area contributed by atoms with Crippen LogP contribution in [0.3, 0.4) is 0 Å². The smallest absolute Gasteiger partial charge is 0.135 e. The van der Waals surface area contributed by atoms with Crippen molar-refractivity contribution in [3.05, 3.63) is 152 Å². The summed E-state index contributed by atoms with van der Waals surface area (Å²) in [6.45, 7) is 0. The van der Waals surface area contributed by atoms with Gasteiger partial charge in [-0.05, 0) is 69.4 Å². The predicted octanol–water partition coefficient (Wildman–Crippen LogP) is 12.9. The van der Waals surface area contributed by atoms with Crippen LogP contribution in [0.4, 0.5) is 17.1 Å². The quantitative estimate of drug-likeness (QED) is 0.190. The van der Waals surface area contributed by atoms with E-state index in [4.69, 9.17) is 4.42 Å². The Labute approximate surface area is 263 Å². The van der Waals surface area contributed by atoms with Crippen LogP contribution in [0.2, 0.25) is 0 Å². The molecule has 0 radical (unpaired) electrons. The van der Waals surface area contributed by atoms with Crippen LogP contribution in [0.1, 0.15) is 0 Å². The SMILES string of the molecule is c1ccc2c(c1)ccc1c3cccc(N(c4ccc5oc6ccccc6c5c4)c4cccc5c4sc4ccccc45)c3ccc21. The molecule has 2 aromatic heterocycles. The zero-order valence-corrected chi connectivity index (χ0v) is 25.0. The molecule has 0 aliphatic rings. The van der Waals surface area contributed by atoms with Crippen molar-refractivity contribution in [2.45, 2.75) is 0 Å². The second kappa shape index (κ2) is 9.43. The molecule has 2 nitrogen and oxygen atoms in total. The summed E-state index contributed by atoms with van der Waals surface area (Å²) in [5.41, 5.74) is 5.24. The van der Waals surface area contributed by atoms with Gasteiger partial charge in [0.15, 0.2) is 0 Å². The average molecular weight is 592 g/mol. The Morgan fingerprint density at radius 3 is 1.98 bits per heavy atom. The lowest BCUT2D eigenvalue weighted by molar-refractivity contribution is 0.669. The highest BCUT2D eigenvalue weighted by Crippen LogP contribution is 2.48. The minimum absolute atomic E-state index is 0.899. The van der Waals surface area contributed by atoms with E-state index < -0.39 is 0 Å². The van der Waals surface area contributed by atoms with E-state index in [0.717, 1.165) is 33.3 Å². The third kappa shape index (κ3) is 3.62. The summed E-state index contributed by atoms with van der Waals surface area (Å²) < 4.78 is 8.82. The highest BCUT2D eigenvalue weighted by atomic mass is 32.1. The Morgan fingerprint density at radius 1 is 0.400 bits per heavy atom. The summed E-state index contributed by atoms with van der Waals surface area (Å²) in [7, 11) is 0. The van der Waals surface area contributed by atoms with Crippen LogP contribution in [0.25, 0.3) is 74.4 Å². The van der Waals surface area contributed by atoms with Gasteiger partial charge in [0.1, 0.15) is 11.2 Å². The molecule has 210 valence electrons. The molecule has 0 atom stereocenters. The second-order valence-electron chi connectivity index (χ2n) is 11.7. The molecular weight excluding hydrogens is 567 g/mol. The topological polar surface area (TPSA) is 16.4 Å². The van der Waals surface area contributed by atoms with Crippen molar-refractivity contribution in [3.63, 3.8) is 0 Å². The molecule has 3 heteroatoms. The van der Waals surface area contributed by atoms with Crippen LogP contribution in [-0.2, 0) is 0 Å². The van der Waals surface area contributed by atoms with Crippen molar-refractivity contribution in [2.75, 3.05) is 4.90 Å². The molecule has 0 N–H and O–H groups in total. The summed E-state index contributed by atoms with van der Waals surface area (Å²) in [6, 6.07) is 54.9. The fourth-order valence-electron chi connectivity index (χ4n) is 7.20. The van der Waals surface area contributed by atoms with E-state index in [9.17, 15) is 0 Å². The van der Waals surface area contributed by atoms with E-state index in [1.807, 2.05) is 23.5 Å². The standard InChI is InChI=1S/C42H25NOS/c1-2-10-28-26(9-1)19-21-31-29-13-7-15-37(32(29)23-22-30(28)31)43(27-20-24-40-36(25-27)33-11-3-5-17-39(33)44-40)38-16-8-14-35-34-12-4-6-18-41(34)45-42(35)38/h1-25H. The van der Waals surface area contributed by atoms with Crippen LogP contribution < -0.4 is 4.90 Å². The van der Waals surface area contributed by atoms with Crippen LogP contribution in [-0.4, -0.2) is 0 Å². The van der Waals surface area contributed by atoms with Gasteiger partial charge in [-0.25, -0.2) is 0 Å². The number of para-hydroxylation sites is 1. The molecule has 45 heavy (non-hydrogen) atoms. The van der Waals surface area contributed by atoms with Gasteiger partial charge in [-0.1, -0.05) is 109 Å². The molecule has 8 aromatic carbocycles. The van der Waals surface area contributed by atoms with E-state index >= 15 is 0 Å². The maximum absolute atomic E-state index is 6.25. The molecule has 10 rings (SSSR count). The van der Waals surface area contributed by atoms with Crippen molar-refractivity contribution < 1.29 is 4.42 Å². The molecule has 0 amide bonds. The maximum Gasteiger partial charge on any atom is 0.135 e. The number of hydrogen-bond donors (Lipinski definition) is 0. The van der Waals surface area contributed by atoms with E-state index in [1.54, 1.807) is 0 Å². The number of nitrogens with zero attached hydrogens (tertiary/aromatic N) is 1. The van der Waals surface area contributed by atoms with E-state index in [0.29, 0.717) is 0 Å². The van der Waals surface area contributed by atoms with Gasteiger partial charge in [0.05, 0.1) is 16.1 Å². The van der Waals surface area contributed by atoms with E-state index in [2.05, 4.69) is 144 Å². The molecule has 0 aliphatic carbocycles. The van der Waals surface area contributed by atoms with E-state index in [1.165, 1.54) is 58.2 Å². The molecule has 0 saturated heterocycles. The molecule has 0 saturated carbocycles. The van der Waals surface area contributed by atoms with Crippen molar-refractivity contribution in [3.8, 4) is 0 Å². The fraction of sp³-hybridized carbons (Fsp3) is 0. The molecule has 0 bridgehead atoms. The molecule has 0 fully saturated rings.